The van der Waals surface area contributed by atoms with Gasteiger partial charge in [-0.1, -0.05) is 56.2 Å². The number of ether oxygens (including phenoxy) is 1. The van der Waals surface area contributed by atoms with Crippen LogP contribution >= 0.6 is 0 Å². The van der Waals surface area contributed by atoms with Crippen LogP contribution in [0.1, 0.15) is 94.6 Å². The molecule has 1 nitrogen and oxygen atoms in total. The van der Waals surface area contributed by atoms with Crippen molar-refractivity contribution in [2.75, 3.05) is 6.61 Å². The second-order valence-corrected chi connectivity index (χ2v) is 10.1. The first-order valence-corrected chi connectivity index (χ1v) is 12.6. The van der Waals surface area contributed by atoms with Crippen LogP contribution in [0.4, 0.5) is 4.39 Å². The molecule has 0 aromatic heterocycles. The summed E-state index contributed by atoms with van der Waals surface area (Å²) >= 11 is 0. The summed E-state index contributed by atoms with van der Waals surface area (Å²) < 4.78 is 19.6. The predicted octanol–water partition coefficient (Wildman–Crippen LogP) is 8.50. The van der Waals surface area contributed by atoms with E-state index in [-0.39, 0.29) is 5.82 Å². The summed E-state index contributed by atoms with van der Waals surface area (Å²) in [5.41, 5.74) is 2.66. The van der Waals surface area contributed by atoms with Gasteiger partial charge in [-0.15, -0.1) is 0 Å². The number of halogens is 1. The Balaban J connectivity index is 1.23. The van der Waals surface area contributed by atoms with E-state index >= 15 is 0 Å². The highest BCUT2D eigenvalue weighted by molar-refractivity contribution is 5.31. The molecule has 31 heavy (non-hydrogen) atoms. The molecule has 2 saturated carbocycles. The third-order valence-corrected chi connectivity index (χ3v) is 8.11. The van der Waals surface area contributed by atoms with E-state index in [1.807, 2.05) is 13.0 Å². The SMILES string of the molecule is CCOc1ccc(C2CCC(C3CCC(C[C@H](C)c4ccccc4)CC3)CC2)cc1F. The van der Waals surface area contributed by atoms with Crippen LogP contribution in [0.2, 0.25) is 0 Å². The van der Waals surface area contributed by atoms with Gasteiger partial charge in [-0.3, -0.25) is 0 Å². The highest BCUT2D eigenvalue weighted by Crippen LogP contribution is 2.45. The molecular formula is C29H39FO. The number of hydrogen-bond acceptors (Lipinski definition) is 1. The molecule has 0 saturated heterocycles. The minimum Gasteiger partial charge on any atom is -0.491 e. The van der Waals surface area contributed by atoms with Crippen LogP contribution in [0.3, 0.4) is 0 Å². The van der Waals surface area contributed by atoms with Crippen molar-refractivity contribution in [3.05, 3.63) is 65.5 Å². The first kappa shape index (κ1) is 22.4. The van der Waals surface area contributed by atoms with Crippen molar-refractivity contribution >= 4 is 0 Å². The molecular weight excluding hydrogens is 383 g/mol. The Labute approximate surface area is 188 Å². The van der Waals surface area contributed by atoms with Crippen LogP contribution in [-0.2, 0) is 0 Å². The molecule has 2 aliphatic carbocycles. The molecule has 168 valence electrons. The molecule has 0 aliphatic heterocycles. The summed E-state index contributed by atoms with van der Waals surface area (Å²) in [6.07, 6.45) is 12.0. The van der Waals surface area contributed by atoms with Gasteiger partial charge in [0.05, 0.1) is 6.61 Å². The van der Waals surface area contributed by atoms with E-state index < -0.39 is 0 Å². The Hall–Kier alpha value is -1.83. The van der Waals surface area contributed by atoms with Gasteiger partial charge in [-0.25, -0.2) is 4.39 Å². The average Bonchev–Trinajstić information content (AvgIpc) is 2.82. The van der Waals surface area contributed by atoms with Crippen molar-refractivity contribution in [3.63, 3.8) is 0 Å². The molecule has 2 fully saturated rings. The zero-order chi connectivity index (χ0) is 21.6. The molecule has 4 rings (SSSR count). The quantitative estimate of drug-likeness (QED) is 0.434. The van der Waals surface area contributed by atoms with Crippen molar-refractivity contribution in [2.24, 2.45) is 17.8 Å². The predicted molar refractivity (Wildman–Crippen MR) is 127 cm³/mol. The molecule has 0 radical (unpaired) electrons. The van der Waals surface area contributed by atoms with Gasteiger partial charge in [0.2, 0.25) is 0 Å². The maximum Gasteiger partial charge on any atom is 0.165 e. The fourth-order valence-corrected chi connectivity index (χ4v) is 6.28. The van der Waals surface area contributed by atoms with Gasteiger partial charge in [0, 0.05) is 0 Å². The summed E-state index contributed by atoms with van der Waals surface area (Å²) in [6, 6.07) is 16.6. The third-order valence-electron chi connectivity index (χ3n) is 8.11. The van der Waals surface area contributed by atoms with Gasteiger partial charge in [0.1, 0.15) is 0 Å². The van der Waals surface area contributed by atoms with E-state index in [1.165, 1.54) is 63.4 Å². The van der Waals surface area contributed by atoms with E-state index in [0.29, 0.717) is 24.2 Å². The van der Waals surface area contributed by atoms with Gasteiger partial charge >= 0.3 is 0 Å². The fourth-order valence-electron chi connectivity index (χ4n) is 6.28. The van der Waals surface area contributed by atoms with Crippen LogP contribution in [0.25, 0.3) is 0 Å². The Morgan fingerprint density at radius 2 is 1.52 bits per heavy atom. The number of rotatable bonds is 7. The molecule has 2 aliphatic rings. The lowest BCUT2D eigenvalue weighted by atomic mass is 9.67. The van der Waals surface area contributed by atoms with Crippen LogP contribution in [0.5, 0.6) is 5.75 Å². The van der Waals surface area contributed by atoms with Crippen LogP contribution < -0.4 is 4.74 Å². The highest BCUT2D eigenvalue weighted by atomic mass is 19.1. The van der Waals surface area contributed by atoms with Crippen molar-refractivity contribution < 1.29 is 9.13 Å². The van der Waals surface area contributed by atoms with Gasteiger partial charge in [0.15, 0.2) is 11.6 Å². The molecule has 1 atom stereocenters. The van der Waals surface area contributed by atoms with Crippen molar-refractivity contribution in [2.45, 2.75) is 83.5 Å². The third kappa shape index (κ3) is 5.70. The number of hydrogen-bond donors (Lipinski definition) is 0. The highest BCUT2D eigenvalue weighted by Gasteiger charge is 2.32. The minimum absolute atomic E-state index is 0.204. The van der Waals surface area contributed by atoms with E-state index in [2.05, 4.69) is 43.3 Å². The summed E-state index contributed by atoms with van der Waals surface area (Å²) in [5.74, 6) is 4.08. The maximum absolute atomic E-state index is 14.3. The molecule has 2 aromatic carbocycles. The zero-order valence-corrected chi connectivity index (χ0v) is 19.4. The summed E-state index contributed by atoms with van der Waals surface area (Å²) in [7, 11) is 0. The van der Waals surface area contributed by atoms with Crippen molar-refractivity contribution in [1.29, 1.82) is 0 Å². The first-order valence-electron chi connectivity index (χ1n) is 12.6. The Bertz CT molecular complexity index is 801. The topological polar surface area (TPSA) is 9.23 Å². The Morgan fingerprint density at radius 1 is 0.871 bits per heavy atom. The monoisotopic (exact) mass is 422 g/mol. The summed E-state index contributed by atoms with van der Waals surface area (Å²) in [6.45, 7) is 4.80. The molecule has 0 spiro atoms. The Morgan fingerprint density at radius 3 is 2.13 bits per heavy atom. The van der Waals surface area contributed by atoms with Gasteiger partial charge < -0.3 is 4.74 Å². The molecule has 0 bridgehead atoms. The van der Waals surface area contributed by atoms with Gasteiger partial charge in [-0.2, -0.15) is 0 Å². The summed E-state index contributed by atoms with van der Waals surface area (Å²) in [5, 5.41) is 0. The van der Waals surface area contributed by atoms with E-state index in [9.17, 15) is 4.39 Å². The minimum atomic E-state index is -0.204. The van der Waals surface area contributed by atoms with Crippen LogP contribution in [0, 0.1) is 23.6 Å². The standard InChI is InChI=1S/C29H39FO/c1-3-31-29-18-17-27(20-28(29)30)26-15-13-25(14-16-26)24-11-9-22(10-12-24)19-21(2)23-7-5-4-6-8-23/h4-8,17-18,20-22,24-26H,3,9-16,19H2,1-2H3/t21-,22?,24?,25?,26?/m0/s1. The van der Waals surface area contributed by atoms with Crippen LogP contribution in [-0.4, -0.2) is 6.61 Å². The fraction of sp³-hybridized carbons (Fsp3) is 0.586. The molecule has 0 heterocycles. The first-order chi connectivity index (χ1) is 15.1. The second-order valence-electron chi connectivity index (χ2n) is 10.1. The molecule has 0 unspecified atom stereocenters. The van der Waals surface area contributed by atoms with E-state index in [4.69, 9.17) is 4.74 Å². The van der Waals surface area contributed by atoms with Gasteiger partial charge in [-0.05, 0) is 105 Å². The average molecular weight is 423 g/mol. The maximum atomic E-state index is 14.3. The van der Waals surface area contributed by atoms with Crippen molar-refractivity contribution in [3.8, 4) is 5.75 Å². The normalized spacial score (nSPS) is 27.6. The molecule has 2 heteroatoms. The Kier molecular flexibility index (Phi) is 7.69. The van der Waals surface area contributed by atoms with Crippen LogP contribution in [0.15, 0.2) is 48.5 Å². The second kappa shape index (κ2) is 10.7. The lowest BCUT2D eigenvalue weighted by Gasteiger charge is -2.38. The zero-order valence-electron chi connectivity index (χ0n) is 19.4. The van der Waals surface area contributed by atoms with E-state index in [1.54, 1.807) is 6.07 Å². The van der Waals surface area contributed by atoms with Crippen molar-refractivity contribution in [1.82, 2.24) is 0 Å². The molecule has 0 amide bonds. The lowest BCUT2D eigenvalue weighted by Crippen LogP contribution is -2.25. The molecule has 2 aromatic rings. The lowest BCUT2D eigenvalue weighted by molar-refractivity contribution is 0.154. The molecule has 0 N–H and O–H groups in total. The van der Waals surface area contributed by atoms with Gasteiger partial charge in [0.25, 0.3) is 0 Å². The summed E-state index contributed by atoms with van der Waals surface area (Å²) in [4.78, 5) is 0. The number of benzene rings is 2. The largest absolute Gasteiger partial charge is 0.491 e. The smallest absolute Gasteiger partial charge is 0.165 e. The van der Waals surface area contributed by atoms with E-state index in [0.717, 1.165) is 23.3 Å².